The monoisotopic (exact) mass is 239 g/mol. The number of carbonyl (C=O) groups excluding carboxylic acids is 1. The molecule has 1 unspecified atom stereocenters. The van der Waals surface area contributed by atoms with Crippen LogP contribution < -0.4 is 5.32 Å². The van der Waals surface area contributed by atoms with Gasteiger partial charge in [0.25, 0.3) is 0 Å². The van der Waals surface area contributed by atoms with Crippen molar-refractivity contribution in [1.82, 2.24) is 15.1 Å². The zero-order chi connectivity index (χ0) is 12.7. The molecule has 1 rings (SSSR count). The molecule has 0 spiro atoms. The van der Waals surface area contributed by atoms with Gasteiger partial charge in [-0.05, 0) is 25.8 Å². The Morgan fingerprint density at radius 3 is 2.88 bits per heavy atom. The highest BCUT2D eigenvalue weighted by molar-refractivity contribution is 5.75. The fraction of sp³-hybridized carbons (Fsp3) is 0.667. The zero-order valence-corrected chi connectivity index (χ0v) is 10.8. The molecule has 96 valence electrons. The number of aromatic nitrogens is 2. The molecule has 5 nitrogen and oxygen atoms in total. The minimum Gasteiger partial charge on any atom is -0.465 e. The van der Waals surface area contributed by atoms with Gasteiger partial charge < -0.3 is 10.1 Å². The lowest BCUT2D eigenvalue weighted by molar-refractivity contribution is -0.145. The Hall–Kier alpha value is -1.36. The molecule has 1 atom stereocenters. The van der Waals surface area contributed by atoms with Gasteiger partial charge in [-0.15, -0.1) is 0 Å². The molecule has 0 aliphatic rings. The van der Waals surface area contributed by atoms with Crippen molar-refractivity contribution in [2.24, 2.45) is 0 Å². The number of carbonyl (C=O) groups is 1. The van der Waals surface area contributed by atoms with E-state index in [1.54, 1.807) is 0 Å². The van der Waals surface area contributed by atoms with E-state index in [1.165, 1.54) is 0 Å². The summed E-state index contributed by atoms with van der Waals surface area (Å²) >= 11 is 0. The van der Waals surface area contributed by atoms with Crippen LogP contribution in [0.4, 0.5) is 0 Å². The van der Waals surface area contributed by atoms with E-state index in [4.69, 9.17) is 4.74 Å². The summed E-state index contributed by atoms with van der Waals surface area (Å²) < 4.78 is 6.84. The van der Waals surface area contributed by atoms with Crippen molar-refractivity contribution < 1.29 is 9.53 Å². The van der Waals surface area contributed by atoms with Crippen LogP contribution >= 0.6 is 0 Å². The molecule has 17 heavy (non-hydrogen) atoms. The van der Waals surface area contributed by atoms with Gasteiger partial charge in [-0.2, -0.15) is 5.10 Å². The SMILES string of the molecule is CCOC(=O)C(CC)NCCn1cc(C)cn1. The zero-order valence-electron chi connectivity index (χ0n) is 10.8. The van der Waals surface area contributed by atoms with Crippen molar-refractivity contribution in [2.75, 3.05) is 13.2 Å². The Bertz CT molecular complexity index is 349. The molecule has 5 heteroatoms. The van der Waals surface area contributed by atoms with Gasteiger partial charge in [-0.25, -0.2) is 0 Å². The van der Waals surface area contributed by atoms with E-state index in [2.05, 4.69) is 10.4 Å². The van der Waals surface area contributed by atoms with Gasteiger partial charge in [0.05, 0.1) is 19.3 Å². The van der Waals surface area contributed by atoms with Crippen LogP contribution in [0.25, 0.3) is 0 Å². The summed E-state index contributed by atoms with van der Waals surface area (Å²) in [6.07, 6.45) is 4.53. The number of rotatable bonds is 7. The largest absolute Gasteiger partial charge is 0.465 e. The predicted molar refractivity (Wildman–Crippen MR) is 65.7 cm³/mol. The van der Waals surface area contributed by atoms with Crippen molar-refractivity contribution in [3.63, 3.8) is 0 Å². The van der Waals surface area contributed by atoms with Crippen molar-refractivity contribution in [1.29, 1.82) is 0 Å². The highest BCUT2D eigenvalue weighted by atomic mass is 16.5. The quantitative estimate of drug-likeness (QED) is 0.724. The van der Waals surface area contributed by atoms with E-state index in [9.17, 15) is 4.79 Å². The van der Waals surface area contributed by atoms with Gasteiger partial charge in [-0.1, -0.05) is 6.92 Å². The maximum atomic E-state index is 11.5. The van der Waals surface area contributed by atoms with Gasteiger partial charge in [0.1, 0.15) is 6.04 Å². The molecule has 0 fully saturated rings. The van der Waals surface area contributed by atoms with E-state index in [-0.39, 0.29) is 12.0 Å². The molecule has 0 bridgehead atoms. The molecule has 0 saturated carbocycles. The van der Waals surface area contributed by atoms with E-state index < -0.39 is 0 Å². The fourth-order valence-corrected chi connectivity index (χ4v) is 1.58. The molecule has 0 amide bonds. The van der Waals surface area contributed by atoms with Crippen molar-refractivity contribution >= 4 is 5.97 Å². The molecule has 1 aromatic heterocycles. The van der Waals surface area contributed by atoms with E-state index >= 15 is 0 Å². The number of ether oxygens (including phenoxy) is 1. The summed E-state index contributed by atoms with van der Waals surface area (Å²) in [5, 5.41) is 7.36. The van der Waals surface area contributed by atoms with Gasteiger partial charge in [0.2, 0.25) is 0 Å². The molecule has 1 N–H and O–H groups in total. The smallest absolute Gasteiger partial charge is 0.323 e. The number of nitrogens with zero attached hydrogens (tertiary/aromatic N) is 2. The number of nitrogens with one attached hydrogen (secondary N) is 1. The van der Waals surface area contributed by atoms with Crippen molar-refractivity contribution in [3.8, 4) is 0 Å². The normalized spacial score (nSPS) is 12.4. The Morgan fingerprint density at radius 1 is 1.59 bits per heavy atom. The maximum Gasteiger partial charge on any atom is 0.323 e. The maximum absolute atomic E-state index is 11.5. The highest BCUT2D eigenvalue weighted by Crippen LogP contribution is 1.96. The summed E-state index contributed by atoms with van der Waals surface area (Å²) in [7, 11) is 0. The molecule has 0 saturated heterocycles. The van der Waals surface area contributed by atoms with Gasteiger partial charge >= 0.3 is 5.97 Å². The van der Waals surface area contributed by atoms with Crippen LogP contribution in [0.15, 0.2) is 12.4 Å². The highest BCUT2D eigenvalue weighted by Gasteiger charge is 2.16. The average Bonchev–Trinajstić information content (AvgIpc) is 2.71. The second kappa shape index (κ2) is 7.06. The number of esters is 1. The molecule has 0 aliphatic heterocycles. The molecule has 1 heterocycles. The Labute approximate surface area is 102 Å². The van der Waals surface area contributed by atoms with Gasteiger partial charge in [-0.3, -0.25) is 9.48 Å². The van der Waals surface area contributed by atoms with Crippen LogP contribution in [0.5, 0.6) is 0 Å². The van der Waals surface area contributed by atoms with Crippen molar-refractivity contribution in [3.05, 3.63) is 18.0 Å². The minimum atomic E-state index is -0.216. The first kappa shape index (κ1) is 13.7. The number of aryl methyl sites for hydroxylation is 1. The topological polar surface area (TPSA) is 56.1 Å². The third kappa shape index (κ3) is 4.56. The van der Waals surface area contributed by atoms with E-state index in [0.717, 1.165) is 18.5 Å². The molecular weight excluding hydrogens is 218 g/mol. The minimum absolute atomic E-state index is 0.174. The van der Waals surface area contributed by atoms with Crippen LogP contribution in [0.3, 0.4) is 0 Å². The van der Waals surface area contributed by atoms with Crippen LogP contribution in [0.2, 0.25) is 0 Å². The van der Waals surface area contributed by atoms with Crippen molar-refractivity contribution in [2.45, 2.75) is 39.8 Å². The van der Waals surface area contributed by atoms with E-state index in [0.29, 0.717) is 13.2 Å². The standard InChI is InChI=1S/C12H21N3O2/c1-4-11(12(16)17-5-2)13-6-7-15-9-10(3)8-14-15/h8-9,11,13H,4-7H2,1-3H3. The van der Waals surface area contributed by atoms with Crippen LogP contribution in [-0.2, 0) is 16.1 Å². The third-order valence-corrected chi connectivity index (χ3v) is 2.47. The first-order valence-electron chi connectivity index (χ1n) is 6.06. The van der Waals surface area contributed by atoms with Crippen LogP contribution in [-0.4, -0.2) is 34.9 Å². The third-order valence-electron chi connectivity index (χ3n) is 2.47. The molecule has 0 radical (unpaired) electrons. The summed E-state index contributed by atoms with van der Waals surface area (Å²) in [5.74, 6) is -0.174. The van der Waals surface area contributed by atoms with Crippen LogP contribution in [0, 0.1) is 6.92 Å². The number of hydrogen-bond donors (Lipinski definition) is 1. The van der Waals surface area contributed by atoms with E-state index in [1.807, 2.05) is 37.8 Å². The molecule has 1 aromatic rings. The lowest BCUT2D eigenvalue weighted by Gasteiger charge is -2.15. The predicted octanol–water partition coefficient (Wildman–Crippen LogP) is 1.12. The Morgan fingerprint density at radius 2 is 2.35 bits per heavy atom. The van der Waals surface area contributed by atoms with Gasteiger partial charge in [0.15, 0.2) is 0 Å². The lowest BCUT2D eigenvalue weighted by atomic mass is 10.2. The second-order valence-electron chi connectivity index (χ2n) is 3.95. The fourth-order valence-electron chi connectivity index (χ4n) is 1.58. The molecule has 0 aromatic carbocycles. The number of hydrogen-bond acceptors (Lipinski definition) is 4. The second-order valence-corrected chi connectivity index (χ2v) is 3.95. The lowest BCUT2D eigenvalue weighted by Crippen LogP contribution is -2.39. The Kier molecular flexibility index (Phi) is 5.69. The first-order chi connectivity index (χ1) is 8.17. The first-order valence-corrected chi connectivity index (χ1v) is 6.06. The average molecular weight is 239 g/mol. The Balaban J connectivity index is 2.30. The summed E-state index contributed by atoms with van der Waals surface area (Å²) in [6.45, 7) is 7.67. The molecular formula is C12H21N3O2. The summed E-state index contributed by atoms with van der Waals surface area (Å²) in [5.41, 5.74) is 1.14. The summed E-state index contributed by atoms with van der Waals surface area (Å²) in [4.78, 5) is 11.5. The van der Waals surface area contributed by atoms with Gasteiger partial charge in [0, 0.05) is 12.7 Å². The summed E-state index contributed by atoms with van der Waals surface area (Å²) in [6, 6.07) is -0.216. The van der Waals surface area contributed by atoms with Crippen LogP contribution in [0.1, 0.15) is 25.8 Å². The molecule has 0 aliphatic carbocycles.